The van der Waals surface area contributed by atoms with E-state index in [0.29, 0.717) is 12.3 Å². The maximum absolute atomic E-state index is 12.2. The molecule has 0 aromatic carbocycles. The van der Waals surface area contributed by atoms with E-state index in [1.165, 1.54) is 4.90 Å². The first-order valence-electron chi connectivity index (χ1n) is 7.30. The fourth-order valence-electron chi connectivity index (χ4n) is 2.72. The van der Waals surface area contributed by atoms with Gasteiger partial charge in [-0.15, -0.1) is 0 Å². The monoisotopic (exact) mass is 268 g/mol. The van der Waals surface area contributed by atoms with Crippen molar-refractivity contribution < 1.29 is 14.3 Å². The Labute approximate surface area is 114 Å². The van der Waals surface area contributed by atoms with Crippen LogP contribution < -0.4 is 5.32 Å². The van der Waals surface area contributed by atoms with Gasteiger partial charge in [-0.05, 0) is 38.6 Å². The van der Waals surface area contributed by atoms with Crippen LogP contribution in [0.1, 0.15) is 39.5 Å². The molecule has 2 rings (SSSR count). The standard InChI is InChI=1S/C14H24N2O3/c1-3-10(2)16-13(17)8-12(14(16)18)15-9-11-4-6-19-7-5-11/h10-12,15H,3-9H2,1-2H3. The topological polar surface area (TPSA) is 58.6 Å². The highest BCUT2D eigenvalue weighted by molar-refractivity contribution is 6.05. The van der Waals surface area contributed by atoms with Gasteiger partial charge in [-0.2, -0.15) is 0 Å². The van der Waals surface area contributed by atoms with E-state index in [1.807, 2.05) is 13.8 Å². The summed E-state index contributed by atoms with van der Waals surface area (Å²) in [4.78, 5) is 25.5. The highest BCUT2D eigenvalue weighted by Crippen LogP contribution is 2.19. The summed E-state index contributed by atoms with van der Waals surface area (Å²) in [6, 6.07) is -0.306. The number of ether oxygens (including phenoxy) is 1. The minimum absolute atomic E-state index is 0.00915. The van der Waals surface area contributed by atoms with Gasteiger partial charge in [0.05, 0.1) is 12.5 Å². The molecular weight excluding hydrogens is 244 g/mol. The summed E-state index contributed by atoms with van der Waals surface area (Å²) >= 11 is 0. The van der Waals surface area contributed by atoms with Gasteiger partial charge in [-0.3, -0.25) is 14.5 Å². The molecule has 2 saturated heterocycles. The molecule has 0 radical (unpaired) electrons. The summed E-state index contributed by atoms with van der Waals surface area (Å²) in [6.07, 6.45) is 3.20. The molecule has 2 heterocycles. The van der Waals surface area contributed by atoms with E-state index in [4.69, 9.17) is 4.74 Å². The molecule has 2 fully saturated rings. The molecule has 108 valence electrons. The third kappa shape index (κ3) is 3.34. The smallest absolute Gasteiger partial charge is 0.247 e. The number of hydrogen-bond acceptors (Lipinski definition) is 4. The molecule has 1 N–H and O–H groups in total. The van der Waals surface area contributed by atoms with Crippen molar-refractivity contribution in [3.05, 3.63) is 0 Å². The van der Waals surface area contributed by atoms with Gasteiger partial charge in [-0.25, -0.2) is 0 Å². The van der Waals surface area contributed by atoms with E-state index >= 15 is 0 Å². The zero-order chi connectivity index (χ0) is 13.8. The van der Waals surface area contributed by atoms with Crippen LogP contribution in [0.25, 0.3) is 0 Å². The second kappa shape index (κ2) is 6.48. The summed E-state index contributed by atoms with van der Waals surface area (Å²) < 4.78 is 5.32. The van der Waals surface area contributed by atoms with Crippen molar-refractivity contribution >= 4 is 11.8 Å². The molecule has 0 aliphatic carbocycles. The van der Waals surface area contributed by atoms with E-state index in [9.17, 15) is 9.59 Å². The molecule has 2 aliphatic rings. The van der Waals surface area contributed by atoms with Gasteiger partial charge in [0.1, 0.15) is 0 Å². The lowest BCUT2D eigenvalue weighted by molar-refractivity contribution is -0.141. The minimum atomic E-state index is -0.315. The molecule has 2 unspecified atom stereocenters. The van der Waals surface area contributed by atoms with Crippen molar-refractivity contribution in [2.75, 3.05) is 19.8 Å². The fourth-order valence-corrected chi connectivity index (χ4v) is 2.72. The molecule has 2 atom stereocenters. The van der Waals surface area contributed by atoms with E-state index in [2.05, 4.69) is 5.32 Å². The average Bonchev–Trinajstić information content (AvgIpc) is 2.71. The van der Waals surface area contributed by atoms with Crippen LogP contribution in [0.4, 0.5) is 0 Å². The van der Waals surface area contributed by atoms with Crippen LogP contribution in [-0.2, 0) is 14.3 Å². The molecule has 0 aromatic heterocycles. The number of rotatable bonds is 5. The highest BCUT2D eigenvalue weighted by Gasteiger charge is 2.40. The van der Waals surface area contributed by atoms with Crippen LogP contribution in [0.15, 0.2) is 0 Å². The van der Waals surface area contributed by atoms with Crippen LogP contribution in [-0.4, -0.2) is 48.6 Å². The summed E-state index contributed by atoms with van der Waals surface area (Å²) in [5, 5.41) is 3.27. The highest BCUT2D eigenvalue weighted by atomic mass is 16.5. The van der Waals surface area contributed by atoms with Gasteiger partial charge in [0.15, 0.2) is 0 Å². The van der Waals surface area contributed by atoms with Crippen LogP contribution in [0, 0.1) is 5.92 Å². The van der Waals surface area contributed by atoms with Crippen molar-refractivity contribution in [2.45, 2.75) is 51.6 Å². The Morgan fingerprint density at radius 1 is 1.37 bits per heavy atom. The predicted molar refractivity (Wildman–Crippen MR) is 71.6 cm³/mol. The lowest BCUT2D eigenvalue weighted by Gasteiger charge is -2.24. The molecule has 5 nitrogen and oxygen atoms in total. The molecule has 0 spiro atoms. The number of imide groups is 1. The summed E-state index contributed by atoms with van der Waals surface area (Å²) in [5.41, 5.74) is 0. The lowest BCUT2D eigenvalue weighted by Crippen LogP contribution is -2.44. The van der Waals surface area contributed by atoms with Gasteiger partial charge >= 0.3 is 0 Å². The molecule has 5 heteroatoms. The Morgan fingerprint density at radius 2 is 2.05 bits per heavy atom. The number of carbonyl (C=O) groups is 2. The van der Waals surface area contributed by atoms with Crippen molar-refractivity contribution in [1.82, 2.24) is 10.2 Å². The maximum atomic E-state index is 12.2. The number of likely N-dealkylation sites (tertiary alicyclic amines) is 1. The Bertz CT molecular complexity index is 340. The summed E-state index contributed by atoms with van der Waals surface area (Å²) in [6.45, 7) is 6.35. The Hall–Kier alpha value is -0.940. The second-order valence-corrected chi connectivity index (χ2v) is 5.58. The normalized spacial score (nSPS) is 27.1. The van der Waals surface area contributed by atoms with Crippen molar-refractivity contribution in [3.63, 3.8) is 0 Å². The zero-order valence-corrected chi connectivity index (χ0v) is 11.9. The minimum Gasteiger partial charge on any atom is -0.381 e. The van der Waals surface area contributed by atoms with Crippen LogP contribution in [0.2, 0.25) is 0 Å². The summed E-state index contributed by atoms with van der Waals surface area (Å²) in [5.74, 6) is 0.476. The van der Waals surface area contributed by atoms with Gasteiger partial charge in [0, 0.05) is 19.3 Å². The average molecular weight is 268 g/mol. The fraction of sp³-hybridized carbons (Fsp3) is 0.857. The van der Waals surface area contributed by atoms with Crippen LogP contribution in [0.3, 0.4) is 0 Å². The van der Waals surface area contributed by atoms with Gasteiger partial charge in [-0.1, -0.05) is 6.92 Å². The van der Waals surface area contributed by atoms with Gasteiger partial charge in [0.2, 0.25) is 11.8 Å². The number of amides is 2. The van der Waals surface area contributed by atoms with E-state index in [1.54, 1.807) is 0 Å². The van der Waals surface area contributed by atoms with Crippen molar-refractivity contribution in [1.29, 1.82) is 0 Å². The third-order valence-corrected chi connectivity index (χ3v) is 4.21. The largest absolute Gasteiger partial charge is 0.381 e. The third-order valence-electron chi connectivity index (χ3n) is 4.21. The Kier molecular flexibility index (Phi) is 4.93. The lowest BCUT2D eigenvalue weighted by atomic mass is 10.00. The quantitative estimate of drug-likeness (QED) is 0.754. The van der Waals surface area contributed by atoms with E-state index in [-0.39, 0.29) is 23.9 Å². The van der Waals surface area contributed by atoms with Gasteiger partial charge in [0.25, 0.3) is 0 Å². The predicted octanol–water partition coefficient (Wildman–Crippen LogP) is 0.929. The SMILES string of the molecule is CCC(C)N1C(=O)CC(NCC2CCOCC2)C1=O. The number of nitrogens with zero attached hydrogens (tertiary/aromatic N) is 1. The molecule has 2 aliphatic heterocycles. The van der Waals surface area contributed by atoms with Crippen LogP contribution in [0.5, 0.6) is 0 Å². The first-order valence-corrected chi connectivity index (χ1v) is 7.30. The molecule has 0 aromatic rings. The van der Waals surface area contributed by atoms with E-state index < -0.39 is 0 Å². The van der Waals surface area contributed by atoms with E-state index in [0.717, 1.165) is 39.0 Å². The number of carbonyl (C=O) groups excluding carboxylic acids is 2. The maximum Gasteiger partial charge on any atom is 0.247 e. The second-order valence-electron chi connectivity index (χ2n) is 5.58. The molecular formula is C14H24N2O3. The van der Waals surface area contributed by atoms with Crippen molar-refractivity contribution in [2.24, 2.45) is 5.92 Å². The van der Waals surface area contributed by atoms with Crippen LogP contribution >= 0.6 is 0 Å². The molecule has 2 amide bonds. The molecule has 0 bridgehead atoms. The first kappa shape index (κ1) is 14.5. The summed E-state index contributed by atoms with van der Waals surface area (Å²) in [7, 11) is 0. The Balaban J connectivity index is 1.84. The Morgan fingerprint density at radius 3 is 2.68 bits per heavy atom. The van der Waals surface area contributed by atoms with Gasteiger partial charge < -0.3 is 10.1 Å². The zero-order valence-electron chi connectivity index (χ0n) is 11.9. The number of nitrogens with one attached hydrogen (secondary N) is 1. The number of hydrogen-bond donors (Lipinski definition) is 1. The first-order chi connectivity index (χ1) is 9.13. The molecule has 19 heavy (non-hydrogen) atoms. The molecule has 0 saturated carbocycles. The van der Waals surface area contributed by atoms with Crippen molar-refractivity contribution in [3.8, 4) is 0 Å².